The average molecular weight is 286 g/mol. The number of aromatic hydroxyl groups is 1. The Morgan fingerprint density at radius 2 is 2.00 bits per heavy atom. The van der Waals surface area contributed by atoms with Crippen LogP contribution >= 0.6 is 0 Å². The van der Waals surface area contributed by atoms with Crippen molar-refractivity contribution in [2.75, 3.05) is 0 Å². The van der Waals surface area contributed by atoms with E-state index in [1.807, 2.05) is 12.1 Å². The predicted molar refractivity (Wildman–Crippen MR) is 79.9 cm³/mol. The van der Waals surface area contributed by atoms with Gasteiger partial charge < -0.3 is 5.11 Å². The zero-order chi connectivity index (χ0) is 15.0. The summed E-state index contributed by atoms with van der Waals surface area (Å²) in [6, 6.07) is 8.02. The second-order valence-corrected chi connectivity index (χ2v) is 5.45. The van der Waals surface area contributed by atoms with Crippen LogP contribution in [-0.4, -0.2) is 14.7 Å². The summed E-state index contributed by atoms with van der Waals surface area (Å²) in [6.45, 7) is 1.79. The van der Waals surface area contributed by atoms with Gasteiger partial charge in [-0.05, 0) is 36.8 Å². The first-order chi connectivity index (χ1) is 10.1. The van der Waals surface area contributed by atoms with Gasteiger partial charge in [-0.3, -0.25) is 14.3 Å². The Morgan fingerprint density at radius 3 is 2.71 bits per heavy atom. The van der Waals surface area contributed by atoms with Crippen LogP contribution in [0.1, 0.15) is 36.1 Å². The summed E-state index contributed by atoms with van der Waals surface area (Å²) in [5, 5.41) is 10.3. The Bertz CT molecular complexity index is 789. The first-order valence-corrected chi connectivity index (χ1v) is 7.25. The molecule has 1 aliphatic carbocycles. The van der Waals surface area contributed by atoms with Crippen LogP contribution in [0.25, 0.3) is 0 Å². The van der Waals surface area contributed by atoms with E-state index in [1.165, 1.54) is 15.7 Å². The number of fused-ring (bicyclic) bond motifs is 1. The minimum atomic E-state index is -0.529. The molecule has 1 unspecified atom stereocenters. The third-order valence-corrected chi connectivity index (χ3v) is 4.25. The molecule has 1 aromatic heterocycles. The molecule has 1 heterocycles. The number of hydrogen-bond acceptors (Lipinski definition) is 3. The fourth-order valence-corrected chi connectivity index (χ4v) is 3.13. The molecule has 5 nitrogen and oxygen atoms in total. The Hall–Kier alpha value is -2.30. The smallest absolute Gasteiger partial charge is 0.331 e. The normalized spacial score (nSPS) is 17.5. The highest BCUT2D eigenvalue weighted by Crippen LogP contribution is 2.30. The molecular formula is C16H18N2O3. The molecule has 0 radical (unpaired) electrons. The van der Waals surface area contributed by atoms with Crippen LogP contribution in [0, 0.1) is 0 Å². The number of benzene rings is 1. The van der Waals surface area contributed by atoms with Crippen molar-refractivity contribution < 1.29 is 5.11 Å². The van der Waals surface area contributed by atoms with Gasteiger partial charge in [-0.1, -0.05) is 31.2 Å². The van der Waals surface area contributed by atoms with Crippen LogP contribution in [0.4, 0.5) is 0 Å². The number of nitrogens with zero attached hydrogens (tertiary/aromatic N) is 1. The van der Waals surface area contributed by atoms with E-state index in [9.17, 15) is 14.7 Å². The van der Waals surface area contributed by atoms with Gasteiger partial charge in [0.25, 0.3) is 5.56 Å². The quantitative estimate of drug-likeness (QED) is 0.879. The van der Waals surface area contributed by atoms with Crippen LogP contribution in [0.2, 0.25) is 0 Å². The van der Waals surface area contributed by atoms with Crippen LogP contribution in [0.3, 0.4) is 0 Å². The molecule has 1 atom stereocenters. The Morgan fingerprint density at radius 1 is 1.29 bits per heavy atom. The lowest BCUT2D eigenvalue weighted by atomic mass is 9.88. The highest BCUT2D eigenvalue weighted by Gasteiger charge is 2.24. The van der Waals surface area contributed by atoms with Crippen LogP contribution in [0.5, 0.6) is 5.88 Å². The predicted octanol–water partition coefficient (Wildman–Crippen LogP) is 1.53. The molecular weight excluding hydrogens is 268 g/mol. The Balaban J connectivity index is 2.07. The summed E-state index contributed by atoms with van der Waals surface area (Å²) in [7, 11) is 0. The van der Waals surface area contributed by atoms with Gasteiger partial charge in [-0.15, -0.1) is 0 Å². The van der Waals surface area contributed by atoms with E-state index in [4.69, 9.17) is 0 Å². The SMILES string of the molecule is CCc1c(O)n(C2CCc3ccccc3C2)c(=O)[nH]c1=O. The number of nitrogens with one attached hydrogen (secondary N) is 1. The maximum absolute atomic E-state index is 12.1. The molecule has 21 heavy (non-hydrogen) atoms. The van der Waals surface area contributed by atoms with Gasteiger partial charge in [-0.2, -0.15) is 0 Å². The van der Waals surface area contributed by atoms with Crippen molar-refractivity contribution in [3.63, 3.8) is 0 Å². The zero-order valence-corrected chi connectivity index (χ0v) is 11.9. The molecule has 1 aromatic carbocycles. The summed E-state index contributed by atoms with van der Waals surface area (Å²) < 4.78 is 1.34. The fourth-order valence-electron chi connectivity index (χ4n) is 3.13. The van der Waals surface area contributed by atoms with E-state index in [0.29, 0.717) is 12.8 Å². The lowest BCUT2D eigenvalue weighted by Gasteiger charge is -2.27. The third-order valence-electron chi connectivity index (χ3n) is 4.25. The average Bonchev–Trinajstić information content (AvgIpc) is 2.47. The number of hydrogen-bond donors (Lipinski definition) is 2. The zero-order valence-electron chi connectivity index (χ0n) is 11.9. The molecule has 3 rings (SSSR count). The van der Waals surface area contributed by atoms with E-state index in [1.54, 1.807) is 6.92 Å². The Kier molecular flexibility index (Phi) is 3.41. The number of aromatic amines is 1. The first-order valence-electron chi connectivity index (χ1n) is 7.25. The van der Waals surface area contributed by atoms with Crippen molar-refractivity contribution in [2.45, 2.75) is 38.6 Å². The molecule has 2 aromatic rings. The molecule has 110 valence electrons. The number of H-pyrrole nitrogens is 1. The third kappa shape index (κ3) is 2.28. The highest BCUT2D eigenvalue weighted by molar-refractivity contribution is 5.31. The van der Waals surface area contributed by atoms with E-state index in [0.717, 1.165) is 12.8 Å². The fraction of sp³-hybridized carbons (Fsp3) is 0.375. The molecule has 0 amide bonds. The van der Waals surface area contributed by atoms with Crippen molar-refractivity contribution in [2.24, 2.45) is 0 Å². The summed E-state index contributed by atoms with van der Waals surface area (Å²) in [6.07, 6.45) is 2.73. The van der Waals surface area contributed by atoms with E-state index >= 15 is 0 Å². The van der Waals surface area contributed by atoms with Gasteiger partial charge in [0.2, 0.25) is 5.88 Å². The van der Waals surface area contributed by atoms with Gasteiger partial charge in [0.1, 0.15) is 0 Å². The molecule has 0 fully saturated rings. The Labute approximate surface area is 121 Å². The second kappa shape index (κ2) is 5.24. The maximum atomic E-state index is 12.1. The monoisotopic (exact) mass is 286 g/mol. The van der Waals surface area contributed by atoms with Crippen LogP contribution in [0.15, 0.2) is 33.9 Å². The molecule has 5 heteroatoms. The van der Waals surface area contributed by atoms with Crippen molar-refractivity contribution in [1.82, 2.24) is 9.55 Å². The van der Waals surface area contributed by atoms with Crippen molar-refractivity contribution >= 4 is 0 Å². The van der Waals surface area contributed by atoms with Gasteiger partial charge in [0.15, 0.2) is 0 Å². The van der Waals surface area contributed by atoms with E-state index < -0.39 is 11.2 Å². The van der Waals surface area contributed by atoms with Gasteiger partial charge in [0, 0.05) is 6.04 Å². The maximum Gasteiger partial charge on any atom is 0.331 e. The molecule has 0 aliphatic heterocycles. The van der Waals surface area contributed by atoms with E-state index in [-0.39, 0.29) is 17.5 Å². The van der Waals surface area contributed by atoms with Gasteiger partial charge in [0.05, 0.1) is 5.56 Å². The minimum Gasteiger partial charge on any atom is -0.494 e. The van der Waals surface area contributed by atoms with E-state index in [2.05, 4.69) is 17.1 Å². The van der Waals surface area contributed by atoms with Crippen molar-refractivity contribution in [3.8, 4) is 5.88 Å². The molecule has 0 saturated heterocycles. The number of aromatic nitrogens is 2. The summed E-state index contributed by atoms with van der Waals surface area (Å²) in [5.74, 6) is -0.185. The molecule has 0 bridgehead atoms. The minimum absolute atomic E-state index is 0.116. The van der Waals surface area contributed by atoms with Crippen molar-refractivity contribution in [3.05, 3.63) is 61.8 Å². The first kappa shape index (κ1) is 13.7. The molecule has 1 aliphatic rings. The second-order valence-electron chi connectivity index (χ2n) is 5.45. The van der Waals surface area contributed by atoms with Crippen molar-refractivity contribution in [1.29, 1.82) is 0 Å². The highest BCUT2D eigenvalue weighted by atomic mass is 16.3. The molecule has 0 saturated carbocycles. The van der Waals surface area contributed by atoms with Crippen LogP contribution in [-0.2, 0) is 19.3 Å². The topological polar surface area (TPSA) is 75.1 Å². The molecule has 0 spiro atoms. The van der Waals surface area contributed by atoms with Gasteiger partial charge >= 0.3 is 5.69 Å². The standard InChI is InChI=1S/C16H18N2O3/c1-2-13-14(19)17-16(21)18(15(13)20)12-8-7-10-5-3-4-6-11(10)9-12/h3-6,12,20H,2,7-9H2,1H3,(H,17,19,21). The summed E-state index contributed by atoms with van der Waals surface area (Å²) in [5.41, 5.74) is 1.74. The largest absolute Gasteiger partial charge is 0.494 e. The molecule has 2 N–H and O–H groups in total. The number of rotatable bonds is 2. The number of aryl methyl sites for hydroxylation is 1. The lowest BCUT2D eigenvalue weighted by molar-refractivity contribution is 0.335. The lowest BCUT2D eigenvalue weighted by Crippen LogP contribution is -2.36. The van der Waals surface area contributed by atoms with Gasteiger partial charge in [-0.25, -0.2) is 4.79 Å². The summed E-state index contributed by atoms with van der Waals surface area (Å²) >= 11 is 0. The summed E-state index contributed by atoms with van der Waals surface area (Å²) in [4.78, 5) is 26.1. The van der Waals surface area contributed by atoms with Crippen LogP contribution < -0.4 is 11.2 Å².